The number of aliphatic hydroxyl groups excluding tert-OH is 1. The molecule has 0 aliphatic carbocycles. The standard InChI is InChI=1S/C17H17N3O/c1-13-2-4-15(5-3-13)17(21)12-20-16(8-11-19-20)14-6-9-18-10-7-14/h2-11,17,21H,12H2,1H3. The molecule has 21 heavy (non-hydrogen) atoms. The molecule has 0 saturated carbocycles. The highest BCUT2D eigenvalue weighted by Crippen LogP contribution is 2.21. The van der Waals surface area contributed by atoms with Gasteiger partial charge in [0.2, 0.25) is 0 Å². The Morgan fingerprint density at radius 1 is 1.00 bits per heavy atom. The van der Waals surface area contributed by atoms with E-state index in [1.807, 2.05) is 54.1 Å². The van der Waals surface area contributed by atoms with Crippen LogP contribution in [-0.4, -0.2) is 19.9 Å². The van der Waals surface area contributed by atoms with Crippen LogP contribution in [0, 0.1) is 6.92 Å². The van der Waals surface area contributed by atoms with Gasteiger partial charge >= 0.3 is 0 Å². The van der Waals surface area contributed by atoms with Crippen LogP contribution in [0.5, 0.6) is 0 Å². The van der Waals surface area contributed by atoms with Gasteiger partial charge in [-0.3, -0.25) is 9.67 Å². The first-order valence-electron chi connectivity index (χ1n) is 6.91. The number of aromatic nitrogens is 3. The molecule has 4 nitrogen and oxygen atoms in total. The predicted octanol–water partition coefficient (Wildman–Crippen LogP) is 2.99. The largest absolute Gasteiger partial charge is 0.386 e. The molecule has 106 valence electrons. The first-order valence-corrected chi connectivity index (χ1v) is 6.91. The summed E-state index contributed by atoms with van der Waals surface area (Å²) in [5.41, 5.74) is 4.10. The summed E-state index contributed by atoms with van der Waals surface area (Å²) in [5.74, 6) is 0. The van der Waals surface area contributed by atoms with Crippen molar-refractivity contribution in [3.8, 4) is 11.3 Å². The average Bonchev–Trinajstić information content (AvgIpc) is 2.97. The second-order valence-corrected chi connectivity index (χ2v) is 5.06. The number of nitrogens with zero attached hydrogens (tertiary/aromatic N) is 3. The molecular weight excluding hydrogens is 262 g/mol. The van der Waals surface area contributed by atoms with E-state index in [1.165, 1.54) is 5.56 Å². The lowest BCUT2D eigenvalue weighted by Crippen LogP contribution is -2.11. The van der Waals surface area contributed by atoms with Crippen LogP contribution in [0.25, 0.3) is 11.3 Å². The molecule has 2 heterocycles. The van der Waals surface area contributed by atoms with Crippen molar-refractivity contribution in [3.63, 3.8) is 0 Å². The van der Waals surface area contributed by atoms with E-state index in [1.54, 1.807) is 18.6 Å². The molecule has 0 bridgehead atoms. The first-order chi connectivity index (χ1) is 10.2. The van der Waals surface area contributed by atoms with Gasteiger partial charge in [0, 0.05) is 24.2 Å². The molecule has 1 unspecified atom stereocenters. The zero-order valence-corrected chi connectivity index (χ0v) is 11.8. The van der Waals surface area contributed by atoms with Crippen molar-refractivity contribution in [2.75, 3.05) is 0 Å². The van der Waals surface area contributed by atoms with Gasteiger partial charge in [-0.15, -0.1) is 0 Å². The van der Waals surface area contributed by atoms with Crippen LogP contribution < -0.4 is 0 Å². The number of aryl methyl sites for hydroxylation is 1. The second-order valence-electron chi connectivity index (χ2n) is 5.06. The van der Waals surface area contributed by atoms with E-state index >= 15 is 0 Å². The molecule has 4 heteroatoms. The number of benzene rings is 1. The fraction of sp³-hybridized carbons (Fsp3) is 0.176. The summed E-state index contributed by atoms with van der Waals surface area (Å²) in [7, 11) is 0. The SMILES string of the molecule is Cc1ccc(C(O)Cn2nccc2-c2ccncc2)cc1. The Labute approximate surface area is 123 Å². The third-order valence-electron chi connectivity index (χ3n) is 3.50. The summed E-state index contributed by atoms with van der Waals surface area (Å²) in [5, 5.41) is 14.7. The molecular formula is C17H17N3O. The van der Waals surface area contributed by atoms with Crippen LogP contribution in [0.15, 0.2) is 61.1 Å². The van der Waals surface area contributed by atoms with E-state index in [0.29, 0.717) is 6.54 Å². The van der Waals surface area contributed by atoms with Gasteiger partial charge in [0.1, 0.15) is 0 Å². The number of hydrogen-bond acceptors (Lipinski definition) is 3. The fourth-order valence-electron chi connectivity index (χ4n) is 2.30. The van der Waals surface area contributed by atoms with E-state index in [-0.39, 0.29) is 0 Å². The van der Waals surface area contributed by atoms with Crippen molar-refractivity contribution in [3.05, 3.63) is 72.2 Å². The summed E-state index contributed by atoms with van der Waals surface area (Å²) in [6, 6.07) is 13.7. The number of hydrogen-bond donors (Lipinski definition) is 1. The van der Waals surface area contributed by atoms with Crippen molar-refractivity contribution in [1.29, 1.82) is 0 Å². The van der Waals surface area contributed by atoms with Gasteiger partial charge in [-0.25, -0.2) is 0 Å². The average molecular weight is 279 g/mol. The predicted molar refractivity (Wildman–Crippen MR) is 81.6 cm³/mol. The monoisotopic (exact) mass is 279 g/mol. The van der Waals surface area contributed by atoms with Crippen LogP contribution in [0.2, 0.25) is 0 Å². The molecule has 0 saturated heterocycles. The molecule has 3 rings (SSSR count). The Hall–Kier alpha value is -2.46. The molecule has 0 aliphatic rings. The van der Waals surface area contributed by atoms with E-state index < -0.39 is 6.10 Å². The lowest BCUT2D eigenvalue weighted by Gasteiger charge is -2.14. The summed E-state index contributed by atoms with van der Waals surface area (Å²) in [4.78, 5) is 4.02. The van der Waals surface area contributed by atoms with Crippen LogP contribution >= 0.6 is 0 Å². The van der Waals surface area contributed by atoms with Crippen molar-refractivity contribution >= 4 is 0 Å². The Bertz CT molecular complexity index is 704. The Morgan fingerprint density at radius 3 is 2.43 bits per heavy atom. The van der Waals surface area contributed by atoms with Crippen molar-refractivity contribution < 1.29 is 5.11 Å². The van der Waals surface area contributed by atoms with Gasteiger partial charge in [-0.1, -0.05) is 29.8 Å². The maximum Gasteiger partial charge on any atom is 0.0986 e. The maximum absolute atomic E-state index is 10.4. The minimum absolute atomic E-state index is 0.424. The Balaban J connectivity index is 1.83. The van der Waals surface area contributed by atoms with Crippen molar-refractivity contribution in [1.82, 2.24) is 14.8 Å². The fourth-order valence-corrected chi connectivity index (χ4v) is 2.30. The number of pyridine rings is 1. The molecule has 1 aromatic carbocycles. The minimum Gasteiger partial charge on any atom is -0.386 e. The number of rotatable bonds is 4. The van der Waals surface area contributed by atoms with Gasteiger partial charge in [-0.05, 0) is 30.7 Å². The molecule has 2 aromatic heterocycles. The van der Waals surface area contributed by atoms with Crippen molar-refractivity contribution in [2.45, 2.75) is 19.6 Å². The normalized spacial score (nSPS) is 12.3. The van der Waals surface area contributed by atoms with Gasteiger partial charge in [-0.2, -0.15) is 5.10 Å². The maximum atomic E-state index is 10.4. The highest BCUT2D eigenvalue weighted by atomic mass is 16.3. The molecule has 1 atom stereocenters. The summed E-state index contributed by atoms with van der Waals surface area (Å²) < 4.78 is 1.82. The van der Waals surface area contributed by atoms with Gasteiger partial charge < -0.3 is 5.11 Å². The van der Waals surface area contributed by atoms with Crippen LogP contribution in [-0.2, 0) is 6.54 Å². The topological polar surface area (TPSA) is 50.9 Å². The molecule has 0 spiro atoms. The Morgan fingerprint density at radius 2 is 1.71 bits per heavy atom. The highest BCUT2D eigenvalue weighted by Gasteiger charge is 2.12. The van der Waals surface area contributed by atoms with Gasteiger partial charge in [0.25, 0.3) is 0 Å². The summed E-state index contributed by atoms with van der Waals surface area (Å²) in [6.07, 6.45) is 4.68. The van der Waals surface area contributed by atoms with Crippen molar-refractivity contribution in [2.24, 2.45) is 0 Å². The smallest absolute Gasteiger partial charge is 0.0986 e. The van der Waals surface area contributed by atoms with Gasteiger partial charge in [0.15, 0.2) is 0 Å². The van der Waals surface area contributed by atoms with E-state index in [9.17, 15) is 5.11 Å². The minimum atomic E-state index is -0.578. The molecule has 0 radical (unpaired) electrons. The molecule has 0 fully saturated rings. The summed E-state index contributed by atoms with van der Waals surface area (Å²) in [6.45, 7) is 2.46. The zero-order chi connectivity index (χ0) is 14.7. The lowest BCUT2D eigenvalue weighted by atomic mass is 10.1. The highest BCUT2D eigenvalue weighted by molar-refractivity contribution is 5.58. The van der Waals surface area contributed by atoms with Crippen LogP contribution in [0.1, 0.15) is 17.2 Å². The third kappa shape index (κ3) is 3.01. The third-order valence-corrected chi connectivity index (χ3v) is 3.50. The van der Waals surface area contributed by atoms with Crippen LogP contribution in [0.4, 0.5) is 0 Å². The molecule has 0 amide bonds. The molecule has 0 aliphatic heterocycles. The molecule has 1 N–H and O–H groups in total. The quantitative estimate of drug-likeness (QED) is 0.798. The van der Waals surface area contributed by atoms with E-state index in [4.69, 9.17) is 0 Å². The summed E-state index contributed by atoms with van der Waals surface area (Å²) >= 11 is 0. The lowest BCUT2D eigenvalue weighted by molar-refractivity contribution is 0.152. The van der Waals surface area contributed by atoms with Gasteiger partial charge in [0.05, 0.1) is 18.3 Å². The Kier molecular flexibility index (Phi) is 3.79. The molecule has 3 aromatic rings. The number of aliphatic hydroxyl groups is 1. The second kappa shape index (κ2) is 5.89. The zero-order valence-electron chi connectivity index (χ0n) is 11.8. The first kappa shape index (κ1) is 13.5. The van der Waals surface area contributed by atoms with E-state index in [0.717, 1.165) is 16.8 Å². The van der Waals surface area contributed by atoms with Crippen LogP contribution in [0.3, 0.4) is 0 Å². The van der Waals surface area contributed by atoms with E-state index in [2.05, 4.69) is 10.1 Å².